The van der Waals surface area contributed by atoms with E-state index in [0.29, 0.717) is 18.6 Å². The van der Waals surface area contributed by atoms with E-state index in [9.17, 15) is 13.2 Å². The molecule has 2 bridgehead atoms. The Morgan fingerprint density at radius 2 is 2.00 bits per heavy atom. The number of rotatable bonds is 4. The normalized spacial score (nSPS) is 27.8. The molecule has 2 fully saturated rings. The maximum atomic E-state index is 12.2. The minimum Gasteiger partial charge on any atom is -0.352 e. The van der Waals surface area contributed by atoms with Crippen LogP contribution in [0.25, 0.3) is 0 Å². The molecule has 2 heterocycles. The maximum Gasteiger partial charge on any atom is 0.238 e. The Morgan fingerprint density at radius 1 is 1.29 bits per heavy atom. The van der Waals surface area contributed by atoms with Gasteiger partial charge in [-0.3, -0.25) is 4.79 Å². The number of hydrogen-bond acceptors (Lipinski definition) is 4. The molecular formula is C14H19N3O3S. The van der Waals surface area contributed by atoms with Crippen molar-refractivity contribution in [2.24, 2.45) is 11.1 Å². The van der Waals surface area contributed by atoms with Crippen LogP contribution in [-0.4, -0.2) is 26.4 Å². The highest BCUT2D eigenvalue weighted by Gasteiger charge is 2.42. The van der Waals surface area contributed by atoms with Crippen LogP contribution < -0.4 is 15.8 Å². The zero-order valence-electron chi connectivity index (χ0n) is 11.6. The van der Waals surface area contributed by atoms with E-state index in [1.54, 1.807) is 12.1 Å². The number of nitrogens with two attached hydrogens (primary N) is 1. The Labute approximate surface area is 124 Å². The Hall–Kier alpha value is -1.44. The van der Waals surface area contributed by atoms with E-state index < -0.39 is 10.0 Å². The molecule has 7 heteroatoms. The number of nitrogens with one attached hydrogen (secondary N) is 2. The molecule has 6 nitrogen and oxygen atoms in total. The molecule has 0 radical (unpaired) electrons. The lowest BCUT2D eigenvalue weighted by Gasteiger charge is -2.19. The van der Waals surface area contributed by atoms with Gasteiger partial charge in [-0.05, 0) is 37.0 Å². The number of benzene rings is 1. The van der Waals surface area contributed by atoms with Crippen LogP contribution >= 0.6 is 0 Å². The van der Waals surface area contributed by atoms with Crippen LogP contribution in [0.3, 0.4) is 0 Å². The van der Waals surface area contributed by atoms with Gasteiger partial charge < -0.3 is 10.6 Å². The van der Waals surface area contributed by atoms with Crippen molar-refractivity contribution in [2.45, 2.75) is 42.8 Å². The van der Waals surface area contributed by atoms with Crippen molar-refractivity contribution in [2.75, 3.05) is 0 Å². The highest BCUT2D eigenvalue weighted by molar-refractivity contribution is 7.89. The van der Waals surface area contributed by atoms with Crippen LogP contribution in [0.15, 0.2) is 29.2 Å². The maximum absolute atomic E-state index is 12.2. The molecule has 1 aromatic rings. The molecule has 3 unspecified atom stereocenters. The lowest BCUT2D eigenvalue weighted by atomic mass is 9.88. The van der Waals surface area contributed by atoms with Gasteiger partial charge in [0.2, 0.25) is 15.9 Å². The summed E-state index contributed by atoms with van der Waals surface area (Å²) in [7, 11) is -3.67. The summed E-state index contributed by atoms with van der Waals surface area (Å²) in [6.07, 6.45) is 3.16. The summed E-state index contributed by atoms with van der Waals surface area (Å²) in [5, 5.41) is 11.4. The number of carbonyl (C=O) groups is 1. The van der Waals surface area contributed by atoms with Gasteiger partial charge in [-0.1, -0.05) is 12.1 Å². The van der Waals surface area contributed by atoms with Gasteiger partial charge >= 0.3 is 0 Å². The predicted molar refractivity (Wildman–Crippen MR) is 77.7 cm³/mol. The number of hydrogen-bond donors (Lipinski definition) is 3. The quantitative estimate of drug-likeness (QED) is 0.733. The highest BCUT2D eigenvalue weighted by Crippen LogP contribution is 2.33. The van der Waals surface area contributed by atoms with Crippen molar-refractivity contribution < 1.29 is 13.2 Å². The summed E-state index contributed by atoms with van der Waals surface area (Å²) in [6.45, 7) is 0.400. The van der Waals surface area contributed by atoms with Gasteiger partial charge in [-0.15, -0.1) is 0 Å². The SMILES string of the molecule is NS(=O)(=O)c1ccc(CNC(=O)C2CC3CCC2N3)cc1. The highest BCUT2D eigenvalue weighted by atomic mass is 32.2. The van der Waals surface area contributed by atoms with E-state index in [0.717, 1.165) is 18.4 Å². The summed E-state index contributed by atoms with van der Waals surface area (Å²) < 4.78 is 22.3. The summed E-state index contributed by atoms with van der Waals surface area (Å²) in [4.78, 5) is 12.2. The van der Waals surface area contributed by atoms with Crippen LogP contribution in [-0.2, 0) is 21.4 Å². The molecule has 1 amide bonds. The van der Waals surface area contributed by atoms with E-state index in [2.05, 4.69) is 10.6 Å². The number of sulfonamides is 1. The zero-order chi connectivity index (χ0) is 15.0. The Balaban J connectivity index is 1.56. The largest absolute Gasteiger partial charge is 0.352 e. The minimum atomic E-state index is -3.67. The van der Waals surface area contributed by atoms with Crippen LogP contribution in [0.5, 0.6) is 0 Å². The number of amides is 1. The smallest absolute Gasteiger partial charge is 0.238 e. The van der Waals surface area contributed by atoms with Crippen molar-refractivity contribution >= 4 is 15.9 Å². The topological polar surface area (TPSA) is 101 Å². The summed E-state index contributed by atoms with van der Waals surface area (Å²) in [5.74, 6) is 0.137. The van der Waals surface area contributed by atoms with Gasteiger partial charge in [-0.25, -0.2) is 13.6 Å². The molecule has 1 aromatic carbocycles. The molecule has 21 heavy (non-hydrogen) atoms. The lowest BCUT2D eigenvalue weighted by Crippen LogP contribution is -2.37. The summed E-state index contributed by atoms with van der Waals surface area (Å²) >= 11 is 0. The molecule has 2 aliphatic heterocycles. The van der Waals surface area contributed by atoms with Crippen molar-refractivity contribution in [1.82, 2.24) is 10.6 Å². The zero-order valence-corrected chi connectivity index (χ0v) is 12.4. The first kappa shape index (κ1) is 14.5. The third kappa shape index (κ3) is 3.09. The van der Waals surface area contributed by atoms with Crippen LogP contribution in [0.1, 0.15) is 24.8 Å². The Kier molecular flexibility index (Phi) is 3.73. The molecule has 2 aliphatic rings. The van der Waals surface area contributed by atoms with Crippen LogP contribution in [0.4, 0.5) is 0 Å². The van der Waals surface area contributed by atoms with Crippen molar-refractivity contribution in [3.8, 4) is 0 Å². The fourth-order valence-electron chi connectivity index (χ4n) is 3.23. The van der Waals surface area contributed by atoms with E-state index >= 15 is 0 Å². The lowest BCUT2D eigenvalue weighted by molar-refractivity contribution is -0.125. The molecule has 4 N–H and O–H groups in total. The molecule has 0 aromatic heterocycles. The Bertz CT molecular complexity index is 642. The number of primary sulfonamides is 1. The number of carbonyl (C=O) groups excluding carboxylic acids is 1. The monoisotopic (exact) mass is 309 g/mol. The molecule has 0 saturated carbocycles. The standard InChI is InChI=1S/C14H19N3O3S/c15-21(19,20)11-4-1-9(2-5-11)8-16-14(18)12-7-10-3-6-13(12)17-10/h1-2,4-5,10,12-13,17H,3,6-8H2,(H,16,18)(H2,15,19,20). The van der Waals surface area contributed by atoms with Gasteiger partial charge in [0.05, 0.1) is 10.8 Å². The first-order valence-corrected chi connectivity index (χ1v) is 8.63. The second-order valence-corrected chi connectivity index (χ2v) is 7.36. The fourth-order valence-corrected chi connectivity index (χ4v) is 3.75. The van der Waals surface area contributed by atoms with Gasteiger partial charge in [-0.2, -0.15) is 0 Å². The molecule has 3 rings (SSSR count). The molecule has 2 saturated heterocycles. The average molecular weight is 309 g/mol. The van der Waals surface area contributed by atoms with E-state index in [1.807, 2.05) is 0 Å². The Morgan fingerprint density at radius 3 is 2.52 bits per heavy atom. The third-order valence-corrected chi connectivity index (χ3v) is 5.28. The average Bonchev–Trinajstić information content (AvgIpc) is 3.07. The minimum absolute atomic E-state index is 0.0624. The van der Waals surface area contributed by atoms with Crippen molar-refractivity contribution in [1.29, 1.82) is 0 Å². The van der Waals surface area contributed by atoms with E-state index in [1.165, 1.54) is 18.6 Å². The van der Waals surface area contributed by atoms with Gasteiger partial charge in [0, 0.05) is 18.6 Å². The third-order valence-electron chi connectivity index (χ3n) is 4.36. The first-order valence-electron chi connectivity index (χ1n) is 7.09. The second kappa shape index (κ2) is 5.40. The van der Waals surface area contributed by atoms with E-state index in [-0.39, 0.29) is 16.7 Å². The van der Waals surface area contributed by atoms with Gasteiger partial charge in [0.25, 0.3) is 0 Å². The van der Waals surface area contributed by atoms with Crippen molar-refractivity contribution in [3.63, 3.8) is 0 Å². The number of fused-ring (bicyclic) bond motifs is 2. The fraction of sp³-hybridized carbons (Fsp3) is 0.500. The van der Waals surface area contributed by atoms with E-state index in [4.69, 9.17) is 5.14 Å². The summed E-state index contributed by atoms with van der Waals surface area (Å²) in [6, 6.07) is 7.06. The second-order valence-electron chi connectivity index (χ2n) is 5.80. The molecular weight excluding hydrogens is 290 g/mol. The summed E-state index contributed by atoms with van der Waals surface area (Å²) in [5.41, 5.74) is 0.854. The first-order chi connectivity index (χ1) is 9.93. The van der Waals surface area contributed by atoms with Gasteiger partial charge in [0.15, 0.2) is 0 Å². The molecule has 0 spiro atoms. The molecule has 114 valence electrons. The molecule has 0 aliphatic carbocycles. The van der Waals surface area contributed by atoms with Crippen LogP contribution in [0, 0.1) is 5.92 Å². The van der Waals surface area contributed by atoms with Gasteiger partial charge in [0.1, 0.15) is 0 Å². The molecule has 3 atom stereocenters. The predicted octanol–water partition coefficient (Wildman–Crippen LogP) is 0.0907. The van der Waals surface area contributed by atoms with Crippen LogP contribution in [0.2, 0.25) is 0 Å². The van der Waals surface area contributed by atoms with Crippen molar-refractivity contribution in [3.05, 3.63) is 29.8 Å².